The Balaban J connectivity index is 1.97. The first-order valence-corrected chi connectivity index (χ1v) is 7.65. The van der Waals surface area contributed by atoms with E-state index in [-0.39, 0.29) is 17.2 Å². The minimum Gasteiger partial charge on any atom is -0.324 e. The van der Waals surface area contributed by atoms with Crippen molar-refractivity contribution in [1.82, 2.24) is 9.55 Å². The monoisotopic (exact) mass is 340 g/mol. The molecule has 0 unspecified atom stereocenters. The average Bonchev–Trinajstić information content (AvgIpc) is 2.92. The van der Waals surface area contributed by atoms with Crippen LogP contribution < -0.4 is 10.2 Å². The number of halogens is 1. The Morgan fingerprint density at radius 1 is 1.20 bits per heavy atom. The van der Waals surface area contributed by atoms with Crippen molar-refractivity contribution in [3.05, 3.63) is 53.8 Å². The lowest BCUT2D eigenvalue weighted by Gasteiger charge is -2.17. The molecule has 6 nitrogen and oxygen atoms in total. The number of nitrogens with zero attached hydrogens (tertiary/aromatic N) is 3. The summed E-state index contributed by atoms with van der Waals surface area (Å²) < 4.78 is 15.6. The summed E-state index contributed by atoms with van der Waals surface area (Å²) in [4.78, 5) is 29.8. The number of aromatic nitrogens is 2. The lowest BCUT2D eigenvalue weighted by Crippen LogP contribution is -2.28. The van der Waals surface area contributed by atoms with Crippen LogP contribution in [-0.2, 0) is 11.8 Å². The molecule has 0 atom stereocenters. The molecule has 0 aliphatic heterocycles. The van der Waals surface area contributed by atoms with Gasteiger partial charge in [-0.05, 0) is 30.3 Å². The highest BCUT2D eigenvalue weighted by Gasteiger charge is 2.20. The second kappa shape index (κ2) is 6.35. The molecule has 0 bridgehead atoms. The number of hydrogen-bond acceptors (Lipinski definition) is 3. The molecule has 2 aromatic carbocycles. The van der Waals surface area contributed by atoms with Gasteiger partial charge in [-0.1, -0.05) is 12.1 Å². The van der Waals surface area contributed by atoms with Gasteiger partial charge < -0.3 is 9.88 Å². The number of benzene rings is 2. The van der Waals surface area contributed by atoms with Crippen molar-refractivity contribution in [3.8, 4) is 0 Å². The molecule has 0 saturated carbocycles. The van der Waals surface area contributed by atoms with E-state index >= 15 is 0 Å². The maximum absolute atomic E-state index is 13.8. The minimum absolute atomic E-state index is 0.0308. The van der Waals surface area contributed by atoms with Crippen molar-refractivity contribution in [2.45, 2.75) is 6.92 Å². The topological polar surface area (TPSA) is 67.2 Å². The van der Waals surface area contributed by atoms with Gasteiger partial charge in [0, 0.05) is 26.6 Å². The molecule has 1 N–H and O–H groups in total. The third-order valence-corrected chi connectivity index (χ3v) is 3.89. The maximum atomic E-state index is 13.8. The van der Waals surface area contributed by atoms with E-state index in [2.05, 4.69) is 10.3 Å². The van der Waals surface area contributed by atoms with Crippen LogP contribution in [0.15, 0.2) is 42.5 Å². The predicted octanol–water partition coefficient (Wildman–Crippen LogP) is 2.95. The highest BCUT2D eigenvalue weighted by molar-refractivity contribution is 6.06. The molecule has 0 aliphatic rings. The standard InChI is InChI=1S/C18H17FN4O2/c1-11(24)20-15-10-12(8-9-13(15)19)17(25)23(3)18-21-14-6-4-5-7-16(14)22(18)2/h4-10H,1-3H3,(H,20,24). The van der Waals surface area contributed by atoms with Gasteiger partial charge in [-0.15, -0.1) is 0 Å². The van der Waals surface area contributed by atoms with Crippen LogP contribution in [-0.4, -0.2) is 28.4 Å². The van der Waals surface area contributed by atoms with Crippen LogP contribution in [0.5, 0.6) is 0 Å². The zero-order valence-corrected chi connectivity index (χ0v) is 14.1. The fraction of sp³-hybridized carbons (Fsp3) is 0.167. The first-order chi connectivity index (χ1) is 11.9. The second-order valence-corrected chi connectivity index (χ2v) is 5.70. The molecule has 3 aromatic rings. The van der Waals surface area contributed by atoms with Crippen LogP contribution in [0.1, 0.15) is 17.3 Å². The van der Waals surface area contributed by atoms with E-state index < -0.39 is 11.7 Å². The van der Waals surface area contributed by atoms with Crippen LogP contribution in [0.3, 0.4) is 0 Å². The number of imidazole rings is 1. The molecule has 3 rings (SSSR count). The van der Waals surface area contributed by atoms with Crippen LogP contribution >= 0.6 is 0 Å². The van der Waals surface area contributed by atoms with Gasteiger partial charge in [0.1, 0.15) is 5.82 Å². The SMILES string of the molecule is CC(=O)Nc1cc(C(=O)N(C)c2nc3ccccc3n2C)ccc1F. The second-order valence-electron chi connectivity index (χ2n) is 5.70. The molecule has 128 valence electrons. The van der Waals surface area contributed by atoms with Gasteiger partial charge in [-0.25, -0.2) is 9.37 Å². The summed E-state index contributed by atoms with van der Waals surface area (Å²) in [7, 11) is 3.42. The highest BCUT2D eigenvalue weighted by Crippen LogP contribution is 2.23. The molecule has 0 aliphatic carbocycles. The highest BCUT2D eigenvalue weighted by atomic mass is 19.1. The van der Waals surface area contributed by atoms with E-state index in [9.17, 15) is 14.0 Å². The number of para-hydroxylation sites is 2. The molecule has 0 spiro atoms. The number of aryl methyl sites for hydroxylation is 1. The molecule has 2 amide bonds. The molecule has 0 fully saturated rings. The molecule has 0 radical (unpaired) electrons. The van der Waals surface area contributed by atoms with E-state index in [1.807, 2.05) is 35.9 Å². The molecule has 1 aromatic heterocycles. The van der Waals surface area contributed by atoms with Crippen molar-refractivity contribution >= 4 is 34.5 Å². The number of nitrogens with one attached hydrogen (secondary N) is 1. The van der Waals surface area contributed by atoms with Crippen molar-refractivity contribution in [2.75, 3.05) is 17.3 Å². The van der Waals surface area contributed by atoms with Crippen LogP contribution in [0.4, 0.5) is 16.0 Å². The molecule has 0 saturated heterocycles. The number of anilines is 2. The predicted molar refractivity (Wildman–Crippen MR) is 94.2 cm³/mol. The summed E-state index contributed by atoms with van der Waals surface area (Å²) in [5, 5.41) is 2.37. The van der Waals surface area contributed by atoms with Crippen molar-refractivity contribution in [2.24, 2.45) is 7.05 Å². The molecule has 25 heavy (non-hydrogen) atoms. The largest absolute Gasteiger partial charge is 0.324 e. The first kappa shape index (κ1) is 16.6. The van der Waals surface area contributed by atoms with Gasteiger partial charge in [0.05, 0.1) is 16.7 Å². The molecule has 7 heteroatoms. The zero-order valence-electron chi connectivity index (χ0n) is 14.1. The Morgan fingerprint density at radius 3 is 2.60 bits per heavy atom. The third kappa shape index (κ3) is 3.08. The normalized spacial score (nSPS) is 10.7. The molecular weight excluding hydrogens is 323 g/mol. The van der Waals surface area contributed by atoms with Crippen LogP contribution in [0.2, 0.25) is 0 Å². The Kier molecular flexibility index (Phi) is 4.22. The number of amides is 2. The number of fused-ring (bicyclic) bond motifs is 1. The quantitative estimate of drug-likeness (QED) is 0.797. The van der Waals surface area contributed by atoms with E-state index in [0.29, 0.717) is 5.95 Å². The fourth-order valence-electron chi connectivity index (χ4n) is 2.66. The Hall–Kier alpha value is -3.22. The Bertz CT molecular complexity index is 980. The summed E-state index contributed by atoms with van der Waals surface area (Å²) in [6.45, 7) is 1.28. The van der Waals surface area contributed by atoms with Gasteiger partial charge in [-0.2, -0.15) is 0 Å². The number of carbonyl (C=O) groups excluding carboxylic acids is 2. The summed E-state index contributed by atoms with van der Waals surface area (Å²) in [6, 6.07) is 11.4. The van der Waals surface area contributed by atoms with Gasteiger partial charge in [0.25, 0.3) is 5.91 Å². The van der Waals surface area contributed by atoms with Crippen molar-refractivity contribution in [1.29, 1.82) is 0 Å². The molecular formula is C18H17FN4O2. The van der Waals surface area contributed by atoms with Gasteiger partial charge in [0.2, 0.25) is 11.9 Å². The summed E-state index contributed by atoms with van der Waals surface area (Å²) in [5.74, 6) is -0.897. The van der Waals surface area contributed by atoms with E-state index in [4.69, 9.17) is 0 Å². The maximum Gasteiger partial charge on any atom is 0.260 e. The number of hydrogen-bond donors (Lipinski definition) is 1. The lowest BCUT2D eigenvalue weighted by molar-refractivity contribution is -0.114. The Morgan fingerprint density at radius 2 is 1.92 bits per heavy atom. The van der Waals surface area contributed by atoms with Crippen LogP contribution in [0.25, 0.3) is 11.0 Å². The minimum atomic E-state index is -0.600. The zero-order chi connectivity index (χ0) is 18.1. The lowest BCUT2D eigenvalue weighted by atomic mass is 10.1. The Labute approximate surface area is 143 Å². The first-order valence-electron chi connectivity index (χ1n) is 7.65. The van der Waals surface area contributed by atoms with Crippen molar-refractivity contribution in [3.63, 3.8) is 0 Å². The average molecular weight is 340 g/mol. The summed E-state index contributed by atoms with van der Waals surface area (Å²) in [6.07, 6.45) is 0. The number of rotatable bonds is 3. The third-order valence-electron chi connectivity index (χ3n) is 3.89. The van der Waals surface area contributed by atoms with E-state index in [1.54, 1.807) is 7.05 Å². The number of carbonyl (C=O) groups is 2. The van der Waals surface area contributed by atoms with Gasteiger partial charge in [-0.3, -0.25) is 14.5 Å². The summed E-state index contributed by atoms with van der Waals surface area (Å²) in [5.41, 5.74) is 1.89. The fourth-order valence-corrected chi connectivity index (χ4v) is 2.66. The van der Waals surface area contributed by atoms with Gasteiger partial charge in [0.15, 0.2) is 0 Å². The van der Waals surface area contributed by atoms with Crippen LogP contribution in [0, 0.1) is 5.82 Å². The van der Waals surface area contributed by atoms with Crippen molar-refractivity contribution < 1.29 is 14.0 Å². The molecule has 1 heterocycles. The van der Waals surface area contributed by atoms with E-state index in [1.165, 1.54) is 24.0 Å². The smallest absolute Gasteiger partial charge is 0.260 e. The van der Waals surface area contributed by atoms with Gasteiger partial charge >= 0.3 is 0 Å². The van der Waals surface area contributed by atoms with E-state index in [0.717, 1.165) is 17.1 Å². The summed E-state index contributed by atoms with van der Waals surface area (Å²) >= 11 is 0.